The highest BCUT2D eigenvalue weighted by molar-refractivity contribution is 5.65. The zero-order chi connectivity index (χ0) is 16.3. The Labute approximate surface area is 137 Å². The van der Waals surface area contributed by atoms with Crippen molar-refractivity contribution in [2.24, 2.45) is 0 Å². The molecular weight excluding hydrogens is 304 g/mol. The highest BCUT2D eigenvalue weighted by atomic mass is 16.5. The van der Waals surface area contributed by atoms with Crippen LogP contribution in [-0.2, 0) is 0 Å². The number of nitrogens with zero attached hydrogens (tertiary/aromatic N) is 5. The van der Waals surface area contributed by atoms with E-state index in [1.54, 1.807) is 10.8 Å². The average molecular weight is 318 g/mol. The van der Waals surface area contributed by atoms with E-state index in [-0.39, 0.29) is 5.92 Å². The Morgan fingerprint density at radius 3 is 2.75 bits per heavy atom. The molecule has 1 N–H and O–H groups in total. The minimum Gasteiger partial charge on any atom is -0.418 e. The van der Waals surface area contributed by atoms with Gasteiger partial charge in [0.05, 0.1) is 11.5 Å². The predicted molar refractivity (Wildman–Crippen MR) is 86.3 cm³/mol. The van der Waals surface area contributed by atoms with Crippen LogP contribution >= 0.6 is 0 Å². The van der Waals surface area contributed by atoms with Gasteiger partial charge in [-0.25, -0.2) is 14.5 Å². The molecule has 0 bridgehead atoms. The van der Waals surface area contributed by atoms with Crippen LogP contribution in [0.1, 0.15) is 34.1 Å². The summed E-state index contributed by atoms with van der Waals surface area (Å²) in [4.78, 5) is 9.02. The van der Waals surface area contributed by atoms with Crippen LogP contribution in [0.2, 0.25) is 0 Å². The van der Waals surface area contributed by atoms with Crippen LogP contribution in [0, 0.1) is 13.8 Å². The standard InChI is InChI=1S/C17H14N6O/c1-9-12-13(11-6-4-3-5-7-11)14-15-19-10(2)22-23(15)8-18-16(14)24-17(12)21-20-9/h3-8,13H,1-2H3,(H,20,21)/t13-/m1/s1. The van der Waals surface area contributed by atoms with Crippen molar-refractivity contribution < 1.29 is 4.74 Å². The lowest BCUT2D eigenvalue weighted by Crippen LogP contribution is -2.15. The smallest absolute Gasteiger partial charge is 0.244 e. The van der Waals surface area contributed by atoms with Gasteiger partial charge in [-0.1, -0.05) is 30.3 Å². The van der Waals surface area contributed by atoms with E-state index in [4.69, 9.17) is 4.74 Å². The van der Waals surface area contributed by atoms with E-state index in [2.05, 4.69) is 37.4 Å². The summed E-state index contributed by atoms with van der Waals surface area (Å²) >= 11 is 0. The number of aromatic amines is 1. The second-order valence-electron chi connectivity index (χ2n) is 5.90. The summed E-state index contributed by atoms with van der Waals surface area (Å²) in [6, 6.07) is 10.3. The molecule has 0 saturated carbocycles. The first-order chi connectivity index (χ1) is 11.7. The van der Waals surface area contributed by atoms with Crippen molar-refractivity contribution in [2.45, 2.75) is 19.8 Å². The molecule has 1 aliphatic rings. The molecular formula is C17H14N6O. The lowest BCUT2D eigenvalue weighted by molar-refractivity contribution is 0.416. The van der Waals surface area contributed by atoms with Crippen LogP contribution in [0.5, 0.6) is 11.8 Å². The highest BCUT2D eigenvalue weighted by Gasteiger charge is 2.36. The molecule has 4 heterocycles. The van der Waals surface area contributed by atoms with Gasteiger partial charge in [0.1, 0.15) is 12.2 Å². The summed E-state index contributed by atoms with van der Waals surface area (Å²) in [7, 11) is 0. The van der Waals surface area contributed by atoms with Gasteiger partial charge in [0, 0.05) is 11.3 Å². The molecule has 0 fully saturated rings. The summed E-state index contributed by atoms with van der Waals surface area (Å²) in [6.07, 6.45) is 1.63. The summed E-state index contributed by atoms with van der Waals surface area (Å²) in [5.74, 6) is 1.75. The zero-order valence-corrected chi connectivity index (χ0v) is 13.2. The molecule has 0 amide bonds. The van der Waals surface area contributed by atoms with E-state index in [1.807, 2.05) is 32.0 Å². The second kappa shape index (κ2) is 4.64. The monoisotopic (exact) mass is 318 g/mol. The van der Waals surface area contributed by atoms with E-state index in [9.17, 15) is 0 Å². The van der Waals surface area contributed by atoms with Gasteiger partial charge in [0.2, 0.25) is 11.8 Å². The van der Waals surface area contributed by atoms with Crippen LogP contribution < -0.4 is 4.74 Å². The Kier molecular flexibility index (Phi) is 2.56. The van der Waals surface area contributed by atoms with E-state index in [0.29, 0.717) is 17.6 Å². The molecule has 5 rings (SSSR count). The molecule has 0 radical (unpaired) electrons. The summed E-state index contributed by atoms with van der Waals surface area (Å²) in [5, 5.41) is 11.7. The van der Waals surface area contributed by atoms with Gasteiger partial charge in [-0.3, -0.25) is 5.10 Å². The number of hydrogen-bond donors (Lipinski definition) is 1. The molecule has 7 nitrogen and oxygen atoms in total. The van der Waals surface area contributed by atoms with E-state index in [0.717, 1.165) is 28.0 Å². The largest absolute Gasteiger partial charge is 0.418 e. The van der Waals surface area contributed by atoms with Gasteiger partial charge in [-0.2, -0.15) is 5.10 Å². The molecule has 0 saturated heterocycles. The Bertz CT molecular complexity index is 1070. The van der Waals surface area contributed by atoms with Crippen LogP contribution in [-0.4, -0.2) is 29.8 Å². The van der Waals surface area contributed by atoms with Crippen molar-refractivity contribution in [2.75, 3.05) is 0 Å². The number of H-pyrrole nitrogens is 1. The topological polar surface area (TPSA) is 81.0 Å². The summed E-state index contributed by atoms with van der Waals surface area (Å²) in [5.41, 5.74) is 4.81. The fourth-order valence-electron chi connectivity index (χ4n) is 3.35. The fourth-order valence-corrected chi connectivity index (χ4v) is 3.35. The molecule has 118 valence electrons. The molecule has 1 aromatic carbocycles. The Hall–Kier alpha value is -3.22. The van der Waals surface area contributed by atoms with Crippen LogP contribution in [0.4, 0.5) is 0 Å². The van der Waals surface area contributed by atoms with E-state index >= 15 is 0 Å². The molecule has 24 heavy (non-hydrogen) atoms. The SMILES string of the molecule is Cc1nc2c3c(ncn2n1)Oc1n[nH]c(C)c1[C@H]3c1ccccc1. The maximum atomic E-state index is 5.93. The Morgan fingerprint density at radius 2 is 1.92 bits per heavy atom. The molecule has 0 aliphatic carbocycles. The normalized spacial score (nSPS) is 15.8. The number of aromatic nitrogens is 6. The molecule has 4 aromatic rings. The average Bonchev–Trinajstić information content (AvgIpc) is 3.16. The van der Waals surface area contributed by atoms with Crippen molar-refractivity contribution in [3.63, 3.8) is 0 Å². The van der Waals surface area contributed by atoms with Gasteiger partial charge < -0.3 is 4.74 Å². The van der Waals surface area contributed by atoms with Gasteiger partial charge in [-0.05, 0) is 19.4 Å². The third-order valence-electron chi connectivity index (χ3n) is 4.36. The highest BCUT2D eigenvalue weighted by Crippen LogP contribution is 2.47. The molecule has 3 aromatic heterocycles. The van der Waals surface area contributed by atoms with Crippen molar-refractivity contribution >= 4 is 5.65 Å². The van der Waals surface area contributed by atoms with Gasteiger partial charge in [0.15, 0.2) is 5.65 Å². The third-order valence-corrected chi connectivity index (χ3v) is 4.36. The molecule has 7 heteroatoms. The lowest BCUT2D eigenvalue weighted by atomic mass is 9.84. The summed E-state index contributed by atoms with van der Waals surface area (Å²) < 4.78 is 7.64. The first-order valence-electron chi connectivity index (χ1n) is 7.72. The molecule has 0 unspecified atom stereocenters. The maximum Gasteiger partial charge on any atom is 0.244 e. The second-order valence-corrected chi connectivity index (χ2v) is 5.90. The van der Waals surface area contributed by atoms with Crippen molar-refractivity contribution in [1.82, 2.24) is 29.8 Å². The minimum absolute atomic E-state index is 0.0523. The first kappa shape index (κ1) is 13.2. The third kappa shape index (κ3) is 1.72. The first-order valence-corrected chi connectivity index (χ1v) is 7.72. The number of ether oxygens (including phenoxy) is 1. The van der Waals surface area contributed by atoms with Gasteiger partial charge in [-0.15, -0.1) is 5.10 Å². The number of benzene rings is 1. The Balaban J connectivity index is 1.88. The number of rotatable bonds is 1. The molecule has 1 aliphatic heterocycles. The fraction of sp³-hybridized carbons (Fsp3) is 0.176. The van der Waals surface area contributed by atoms with Gasteiger partial charge >= 0.3 is 0 Å². The Morgan fingerprint density at radius 1 is 1.08 bits per heavy atom. The number of fused-ring (bicyclic) bond motifs is 4. The minimum atomic E-state index is -0.0523. The number of aryl methyl sites for hydroxylation is 2. The predicted octanol–water partition coefficient (Wildman–Crippen LogP) is 2.75. The number of nitrogens with one attached hydrogen (secondary N) is 1. The van der Waals surface area contributed by atoms with Crippen molar-refractivity contribution in [3.05, 3.63) is 64.9 Å². The summed E-state index contributed by atoms with van der Waals surface area (Å²) in [6.45, 7) is 3.87. The molecule has 0 spiro atoms. The van der Waals surface area contributed by atoms with E-state index in [1.165, 1.54) is 0 Å². The van der Waals surface area contributed by atoms with Crippen LogP contribution in [0.15, 0.2) is 36.7 Å². The lowest BCUT2D eigenvalue weighted by Gasteiger charge is -2.25. The van der Waals surface area contributed by atoms with Gasteiger partial charge in [0.25, 0.3) is 0 Å². The molecule has 1 atom stereocenters. The van der Waals surface area contributed by atoms with Crippen LogP contribution in [0.3, 0.4) is 0 Å². The quantitative estimate of drug-likeness (QED) is 0.514. The van der Waals surface area contributed by atoms with E-state index < -0.39 is 0 Å². The number of hydrogen-bond acceptors (Lipinski definition) is 5. The maximum absolute atomic E-state index is 5.93. The van der Waals surface area contributed by atoms with Crippen LogP contribution in [0.25, 0.3) is 5.65 Å². The zero-order valence-electron chi connectivity index (χ0n) is 13.2. The van der Waals surface area contributed by atoms with Crippen molar-refractivity contribution in [3.8, 4) is 11.8 Å². The van der Waals surface area contributed by atoms with Crippen molar-refractivity contribution in [1.29, 1.82) is 0 Å².